The van der Waals surface area contributed by atoms with Gasteiger partial charge in [-0.3, -0.25) is 9.97 Å². The molecule has 36 heavy (non-hydrogen) atoms. The second kappa shape index (κ2) is 9.77. The Morgan fingerprint density at radius 1 is 0.306 bits per heavy atom. The summed E-state index contributed by atoms with van der Waals surface area (Å²) in [6, 6.07) is 43.5. The van der Waals surface area contributed by atoms with E-state index in [1.165, 1.54) is 0 Å². The molecule has 0 saturated carbocycles. The summed E-state index contributed by atoms with van der Waals surface area (Å²) in [4.78, 5) is 14.3. The van der Waals surface area contributed by atoms with E-state index in [2.05, 4.69) is 64.6 Å². The number of pyridine rings is 3. The van der Waals surface area contributed by atoms with Crippen molar-refractivity contribution in [2.45, 2.75) is 0 Å². The van der Waals surface area contributed by atoms with Crippen LogP contribution in [0.3, 0.4) is 0 Å². The van der Waals surface area contributed by atoms with Crippen LogP contribution in [0.2, 0.25) is 0 Å². The summed E-state index contributed by atoms with van der Waals surface area (Å²) < 4.78 is 0. The van der Waals surface area contributed by atoms with Gasteiger partial charge in [-0.2, -0.15) is 0 Å². The molecule has 0 aliphatic heterocycles. The molecule has 6 aromatic rings. The summed E-state index contributed by atoms with van der Waals surface area (Å²) in [6.45, 7) is 0. The molecule has 3 nitrogen and oxygen atoms in total. The van der Waals surface area contributed by atoms with Crippen molar-refractivity contribution in [3.63, 3.8) is 0 Å². The van der Waals surface area contributed by atoms with E-state index in [0.29, 0.717) is 0 Å². The molecule has 0 N–H and O–H groups in total. The van der Waals surface area contributed by atoms with Crippen LogP contribution in [0.15, 0.2) is 140 Å². The summed E-state index contributed by atoms with van der Waals surface area (Å²) in [7, 11) is 0. The van der Waals surface area contributed by atoms with E-state index < -0.39 is 0 Å². The fourth-order valence-electron chi connectivity index (χ4n) is 4.37. The second-order valence-electron chi connectivity index (χ2n) is 8.59. The lowest BCUT2D eigenvalue weighted by Gasteiger charge is -2.13. The Labute approximate surface area is 210 Å². The van der Waals surface area contributed by atoms with E-state index in [1.807, 2.05) is 85.2 Å². The van der Waals surface area contributed by atoms with E-state index in [9.17, 15) is 0 Å². The first-order valence-electron chi connectivity index (χ1n) is 11.9. The van der Waals surface area contributed by atoms with Crippen LogP contribution in [0.4, 0.5) is 0 Å². The van der Waals surface area contributed by atoms with Gasteiger partial charge in [0.1, 0.15) is 0 Å². The molecule has 0 amide bonds. The smallest absolute Gasteiger partial charge is 0.0715 e. The summed E-state index contributed by atoms with van der Waals surface area (Å²) in [5, 5.41) is 0. The highest BCUT2D eigenvalue weighted by Gasteiger charge is 2.12. The van der Waals surface area contributed by atoms with Crippen molar-refractivity contribution < 1.29 is 0 Å². The molecule has 3 heterocycles. The van der Waals surface area contributed by atoms with Crippen LogP contribution in [-0.4, -0.2) is 15.0 Å². The standard InChI is InChI=1S/C33H23N3/c1-3-11-24(12-4-1)32-22-27(23-33(36-32)25-13-5-2-6-14-25)26-19-28(30-15-7-9-17-34-30)21-29(20-26)31-16-8-10-18-35-31/h1-23H. The van der Waals surface area contributed by atoms with Crippen molar-refractivity contribution in [3.05, 3.63) is 140 Å². The number of hydrogen-bond acceptors (Lipinski definition) is 3. The van der Waals surface area contributed by atoms with Crippen molar-refractivity contribution in [2.75, 3.05) is 0 Å². The highest BCUT2D eigenvalue weighted by atomic mass is 14.7. The number of hydrogen-bond donors (Lipinski definition) is 0. The van der Waals surface area contributed by atoms with Gasteiger partial charge >= 0.3 is 0 Å². The van der Waals surface area contributed by atoms with Crippen LogP contribution in [0.1, 0.15) is 0 Å². The van der Waals surface area contributed by atoms with Crippen LogP contribution in [0.5, 0.6) is 0 Å². The van der Waals surface area contributed by atoms with Gasteiger partial charge in [0, 0.05) is 34.6 Å². The minimum absolute atomic E-state index is 0.928. The zero-order valence-electron chi connectivity index (χ0n) is 19.6. The van der Waals surface area contributed by atoms with Crippen LogP contribution >= 0.6 is 0 Å². The van der Waals surface area contributed by atoms with Gasteiger partial charge in [0.05, 0.1) is 22.8 Å². The first-order chi connectivity index (χ1) is 17.8. The largest absolute Gasteiger partial charge is 0.256 e. The Bertz CT molecular complexity index is 1360. The average Bonchev–Trinajstić information content (AvgIpc) is 2.98. The van der Waals surface area contributed by atoms with E-state index >= 15 is 0 Å². The second-order valence-corrected chi connectivity index (χ2v) is 8.59. The van der Waals surface area contributed by atoms with Gasteiger partial charge in [0.15, 0.2) is 0 Å². The molecule has 0 saturated heterocycles. The monoisotopic (exact) mass is 461 g/mol. The van der Waals surface area contributed by atoms with Crippen molar-refractivity contribution in [2.24, 2.45) is 0 Å². The molecule has 6 rings (SSSR count). The van der Waals surface area contributed by atoms with Gasteiger partial charge < -0.3 is 0 Å². The highest BCUT2D eigenvalue weighted by Crippen LogP contribution is 2.35. The Hall–Kier alpha value is -4.89. The normalized spacial score (nSPS) is 10.8. The highest BCUT2D eigenvalue weighted by molar-refractivity contribution is 5.82. The van der Waals surface area contributed by atoms with Gasteiger partial charge in [-0.25, -0.2) is 4.98 Å². The molecule has 3 aromatic heterocycles. The zero-order valence-corrected chi connectivity index (χ0v) is 19.6. The summed E-state index contributed by atoms with van der Waals surface area (Å²) in [5.74, 6) is 0. The van der Waals surface area contributed by atoms with Gasteiger partial charge in [-0.1, -0.05) is 72.8 Å². The van der Waals surface area contributed by atoms with Crippen LogP contribution < -0.4 is 0 Å². The van der Waals surface area contributed by atoms with Crippen molar-refractivity contribution >= 4 is 0 Å². The third-order valence-electron chi connectivity index (χ3n) is 6.15. The Morgan fingerprint density at radius 2 is 0.722 bits per heavy atom. The van der Waals surface area contributed by atoms with Crippen molar-refractivity contribution in [1.82, 2.24) is 15.0 Å². The Kier molecular flexibility index (Phi) is 5.87. The lowest BCUT2D eigenvalue weighted by Crippen LogP contribution is -1.93. The molecule has 0 radical (unpaired) electrons. The van der Waals surface area contributed by atoms with Gasteiger partial charge in [0.2, 0.25) is 0 Å². The Morgan fingerprint density at radius 3 is 1.17 bits per heavy atom. The quantitative estimate of drug-likeness (QED) is 0.260. The summed E-state index contributed by atoms with van der Waals surface area (Å²) >= 11 is 0. The SMILES string of the molecule is c1ccc(-c2cc(-c3cc(-c4ccccn4)cc(-c4ccccn4)c3)cc(-c3ccccc3)n2)cc1. The Balaban J connectivity index is 1.58. The number of rotatable bonds is 5. The molecule has 0 aliphatic carbocycles. The van der Waals surface area contributed by atoms with Gasteiger partial charge in [0.25, 0.3) is 0 Å². The fourth-order valence-corrected chi connectivity index (χ4v) is 4.37. The van der Waals surface area contributed by atoms with E-state index in [0.717, 1.165) is 56.2 Å². The molecule has 0 bridgehead atoms. The van der Waals surface area contributed by atoms with E-state index in [4.69, 9.17) is 4.98 Å². The molecular weight excluding hydrogens is 438 g/mol. The minimum atomic E-state index is 0.928. The van der Waals surface area contributed by atoms with E-state index in [-0.39, 0.29) is 0 Å². The number of benzene rings is 3. The first-order valence-corrected chi connectivity index (χ1v) is 11.9. The summed E-state index contributed by atoms with van der Waals surface area (Å²) in [5.41, 5.74) is 10.2. The maximum absolute atomic E-state index is 5.04. The molecule has 3 heteroatoms. The van der Waals surface area contributed by atoms with Crippen LogP contribution in [0.25, 0.3) is 56.2 Å². The van der Waals surface area contributed by atoms with Crippen molar-refractivity contribution in [1.29, 1.82) is 0 Å². The summed E-state index contributed by atoms with van der Waals surface area (Å²) in [6.07, 6.45) is 3.66. The third-order valence-corrected chi connectivity index (χ3v) is 6.15. The number of nitrogens with zero attached hydrogens (tertiary/aromatic N) is 3. The maximum Gasteiger partial charge on any atom is 0.0715 e. The average molecular weight is 462 g/mol. The topological polar surface area (TPSA) is 38.7 Å². The maximum atomic E-state index is 5.04. The van der Waals surface area contributed by atoms with Crippen LogP contribution in [-0.2, 0) is 0 Å². The van der Waals surface area contributed by atoms with Crippen LogP contribution in [0, 0.1) is 0 Å². The third kappa shape index (κ3) is 4.55. The molecule has 0 atom stereocenters. The predicted octanol–water partition coefficient (Wildman–Crippen LogP) is 8.21. The molecular formula is C33H23N3. The van der Waals surface area contributed by atoms with E-state index in [1.54, 1.807) is 0 Å². The lowest BCUT2D eigenvalue weighted by molar-refractivity contribution is 1.30. The van der Waals surface area contributed by atoms with Gasteiger partial charge in [-0.15, -0.1) is 0 Å². The molecule has 0 fully saturated rings. The number of aromatic nitrogens is 3. The lowest BCUT2D eigenvalue weighted by atomic mass is 9.95. The van der Waals surface area contributed by atoms with Gasteiger partial charge in [-0.05, 0) is 65.7 Å². The van der Waals surface area contributed by atoms with Crippen molar-refractivity contribution in [3.8, 4) is 56.2 Å². The first kappa shape index (κ1) is 21.6. The zero-order chi connectivity index (χ0) is 24.2. The molecule has 0 aliphatic rings. The minimum Gasteiger partial charge on any atom is -0.256 e. The predicted molar refractivity (Wildman–Crippen MR) is 147 cm³/mol. The molecule has 170 valence electrons. The molecule has 0 unspecified atom stereocenters. The molecule has 0 spiro atoms. The molecule has 3 aromatic carbocycles. The fraction of sp³-hybridized carbons (Fsp3) is 0.